The first-order valence-corrected chi connectivity index (χ1v) is 10.5. The van der Waals surface area contributed by atoms with Gasteiger partial charge in [0.1, 0.15) is 0 Å². The van der Waals surface area contributed by atoms with E-state index in [-0.39, 0.29) is 12.7 Å². The lowest BCUT2D eigenvalue weighted by atomic mass is 10.2. The van der Waals surface area contributed by atoms with Gasteiger partial charge in [-0.3, -0.25) is 9.36 Å². The molecular weight excluding hydrogens is 416 g/mol. The summed E-state index contributed by atoms with van der Waals surface area (Å²) in [6.07, 6.45) is 1.59. The molecule has 0 radical (unpaired) electrons. The van der Waals surface area contributed by atoms with E-state index < -0.39 is 5.25 Å². The van der Waals surface area contributed by atoms with Gasteiger partial charge in [-0.15, -0.1) is 10.2 Å². The Morgan fingerprint density at radius 1 is 1.06 bits per heavy atom. The van der Waals surface area contributed by atoms with Crippen LogP contribution < -0.4 is 14.8 Å². The van der Waals surface area contributed by atoms with Gasteiger partial charge in [0.25, 0.3) is 0 Å². The molecule has 0 saturated carbocycles. The van der Waals surface area contributed by atoms with Crippen LogP contribution in [0.1, 0.15) is 6.92 Å². The number of thioether (sulfide) groups is 1. The van der Waals surface area contributed by atoms with Gasteiger partial charge in [0.05, 0.1) is 11.5 Å². The smallest absolute Gasteiger partial charge is 0.237 e. The molecule has 8 nitrogen and oxygen atoms in total. The van der Waals surface area contributed by atoms with Gasteiger partial charge in [-0.2, -0.15) is 0 Å². The number of hydrogen-bond donors (Lipinski definition) is 1. The minimum absolute atomic E-state index is 0.161. The van der Waals surface area contributed by atoms with E-state index in [1.54, 1.807) is 30.5 Å². The van der Waals surface area contributed by atoms with Crippen LogP contribution in [0.2, 0.25) is 0 Å². The molecule has 0 unspecified atom stereocenters. The maximum absolute atomic E-state index is 12.8. The second kappa shape index (κ2) is 8.19. The summed E-state index contributed by atoms with van der Waals surface area (Å²) < 4.78 is 18.1. The van der Waals surface area contributed by atoms with E-state index in [0.29, 0.717) is 33.9 Å². The van der Waals surface area contributed by atoms with E-state index in [1.165, 1.54) is 11.8 Å². The van der Waals surface area contributed by atoms with Crippen molar-refractivity contribution in [3.8, 4) is 28.8 Å². The van der Waals surface area contributed by atoms with Crippen LogP contribution in [-0.4, -0.2) is 32.7 Å². The Bertz CT molecular complexity index is 1210. The molecule has 4 aromatic rings. The summed E-state index contributed by atoms with van der Waals surface area (Å²) in [5, 5.41) is 11.7. The first-order valence-electron chi connectivity index (χ1n) is 9.61. The van der Waals surface area contributed by atoms with Crippen LogP contribution in [0.3, 0.4) is 0 Å². The van der Waals surface area contributed by atoms with Gasteiger partial charge in [0.15, 0.2) is 22.4 Å². The summed E-state index contributed by atoms with van der Waals surface area (Å²) in [5.41, 5.74) is 1.52. The van der Waals surface area contributed by atoms with Crippen molar-refractivity contribution in [1.82, 2.24) is 14.8 Å². The van der Waals surface area contributed by atoms with Crippen molar-refractivity contribution in [2.24, 2.45) is 0 Å². The van der Waals surface area contributed by atoms with Gasteiger partial charge in [0.2, 0.25) is 18.5 Å². The van der Waals surface area contributed by atoms with E-state index in [9.17, 15) is 4.79 Å². The van der Waals surface area contributed by atoms with E-state index in [4.69, 9.17) is 13.9 Å². The Balaban J connectivity index is 1.38. The molecular formula is C22H18N4O4S. The lowest BCUT2D eigenvalue weighted by Crippen LogP contribution is -2.22. The van der Waals surface area contributed by atoms with Crippen LogP contribution in [-0.2, 0) is 4.79 Å². The topological polar surface area (TPSA) is 91.4 Å². The largest absolute Gasteiger partial charge is 0.461 e. The third-order valence-corrected chi connectivity index (χ3v) is 5.72. The van der Waals surface area contributed by atoms with E-state index in [2.05, 4.69) is 15.5 Å². The molecule has 1 aliphatic heterocycles. The van der Waals surface area contributed by atoms with Crippen molar-refractivity contribution < 1.29 is 18.7 Å². The molecule has 0 saturated heterocycles. The fraction of sp³-hybridized carbons (Fsp3) is 0.136. The highest BCUT2D eigenvalue weighted by molar-refractivity contribution is 8.00. The summed E-state index contributed by atoms with van der Waals surface area (Å²) in [7, 11) is 0. The number of amides is 1. The molecule has 0 fully saturated rings. The van der Waals surface area contributed by atoms with Crippen molar-refractivity contribution in [3.63, 3.8) is 0 Å². The Morgan fingerprint density at radius 3 is 2.71 bits per heavy atom. The van der Waals surface area contributed by atoms with Gasteiger partial charge in [-0.1, -0.05) is 30.0 Å². The predicted octanol–water partition coefficient (Wildman–Crippen LogP) is 4.38. The monoisotopic (exact) mass is 434 g/mol. The Labute approximate surface area is 182 Å². The molecule has 1 atom stereocenters. The number of carbonyl (C=O) groups excluding carboxylic acids is 1. The number of furan rings is 1. The summed E-state index contributed by atoms with van der Waals surface area (Å²) in [5.74, 6) is 2.29. The van der Waals surface area contributed by atoms with Gasteiger partial charge < -0.3 is 19.2 Å². The number of anilines is 1. The predicted molar refractivity (Wildman–Crippen MR) is 116 cm³/mol. The lowest BCUT2D eigenvalue weighted by molar-refractivity contribution is -0.115. The molecule has 31 heavy (non-hydrogen) atoms. The number of nitrogens with one attached hydrogen (secondary N) is 1. The minimum Gasteiger partial charge on any atom is -0.461 e. The maximum atomic E-state index is 12.8. The zero-order valence-electron chi connectivity index (χ0n) is 16.5. The van der Waals surface area contributed by atoms with Gasteiger partial charge >= 0.3 is 0 Å². The molecule has 3 heterocycles. The lowest BCUT2D eigenvalue weighted by Gasteiger charge is -2.13. The molecule has 156 valence electrons. The zero-order valence-corrected chi connectivity index (χ0v) is 17.3. The van der Waals surface area contributed by atoms with Crippen molar-refractivity contribution in [2.75, 3.05) is 12.1 Å². The first-order chi connectivity index (χ1) is 15.2. The third kappa shape index (κ3) is 3.87. The van der Waals surface area contributed by atoms with E-state index in [1.807, 2.05) is 47.9 Å². The number of benzene rings is 2. The van der Waals surface area contributed by atoms with Crippen LogP contribution in [0.25, 0.3) is 17.3 Å². The fourth-order valence-corrected chi connectivity index (χ4v) is 4.02. The summed E-state index contributed by atoms with van der Waals surface area (Å²) in [6.45, 7) is 2.01. The standard InChI is InChI=1S/C22H18N4O4S/c1-14(21(27)23-15-9-10-17-19(12-15)30-13-29-17)31-22-25-24-20(18-8-5-11-28-18)26(22)16-6-3-2-4-7-16/h2-12,14H,13H2,1H3,(H,23,27)/t14-/m0/s1. The average molecular weight is 434 g/mol. The zero-order chi connectivity index (χ0) is 21.2. The highest BCUT2D eigenvalue weighted by atomic mass is 32.2. The van der Waals surface area contributed by atoms with E-state index in [0.717, 1.165) is 5.69 Å². The third-order valence-electron chi connectivity index (χ3n) is 4.68. The van der Waals surface area contributed by atoms with Crippen LogP contribution in [0.4, 0.5) is 5.69 Å². The molecule has 1 amide bonds. The summed E-state index contributed by atoms with van der Waals surface area (Å²) >= 11 is 1.32. The van der Waals surface area contributed by atoms with Gasteiger partial charge in [0, 0.05) is 17.4 Å². The second-order valence-electron chi connectivity index (χ2n) is 6.77. The SMILES string of the molecule is C[C@H](Sc1nnc(-c2ccco2)n1-c1ccccc1)C(=O)Nc1ccc2c(c1)OCO2. The average Bonchev–Trinajstić information content (AvgIpc) is 3.54. The van der Waals surface area contributed by atoms with E-state index >= 15 is 0 Å². The number of nitrogens with zero attached hydrogens (tertiary/aromatic N) is 3. The van der Waals surface area contributed by atoms with Crippen molar-refractivity contribution in [3.05, 3.63) is 66.9 Å². The molecule has 1 N–H and O–H groups in total. The Morgan fingerprint density at radius 2 is 1.90 bits per heavy atom. The van der Waals surface area contributed by atoms with Crippen LogP contribution in [0.15, 0.2) is 76.5 Å². The number of fused-ring (bicyclic) bond motifs is 1. The van der Waals surface area contributed by atoms with Crippen LogP contribution >= 0.6 is 11.8 Å². The molecule has 0 bridgehead atoms. The van der Waals surface area contributed by atoms with Crippen molar-refractivity contribution >= 4 is 23.4 Å². The van der Waals surface area contributed by atoms with Crippen LogP contribution in [0.5, 0.6) is 11.5 Å². The van der Waals surface area contributed by atoms with Crippen molar-refractivity contribution in [2.45, 2.75) is 17.3 Å². The minimum atomic E-state index is -0.429. The van der Waals surface area contributed by atoms with Gasteiger partial charge in [-0.05, 0) is 43.3 Å². The number of aromatic nitrogens is 3. The molecule has 2 aromatic carbocycles. The molecule has 0 spiro atoms. The number of hydrogen-bond acceptors (Lipinski definition) is 7. The maximum Gasteiger partial charge on any atom is 0.237 e. The fourth-order valence-electron chi connectivity index (χ4n) is 3.15. The molecule has 9 heteroatoms. The normalized spacial score (nSPS) is 13.2. The molecule has 0 aliphatic carbocycles. The first kappa shape index (κ1) is 19.3. The second-order valence-corrected chi connectivity index (χ2v) is 8.08. The molecule has 5 rings (SSSR count). The highest BCUT2D eigenvalue weighted by Gasteiger charge is 2.23. The number of para-hydroxylation sites is 1. The van der Waals surface area contributed by atoms with Crippen LogP contribution in [0, 0.1) is 0 Å². The summed E-state index contributed by atoms with van der Waals surface area (Å²) in [4.78, 5) is 12.8. The Kier molecular flexibility index (Phi) is 5.09. The van der Waals surface area contributed by atoms with Crippen molar-refractivity contribution in [1.29, 1.82) is 0 Å². The quantitative estimate of drug-likeness (QED) is 0.451. The number of carbonyl (C=O) groups is 1. The summed E-state index contributed by atoms with van der Waals surface area (Å²) in [6, 6.07) is 18.7. The Hall–Kier alpha value is -3.72. The highest BCUT2D eigenvalue weighted by Crippen LogP contribution is 2.35. The number of rotatable bonds is 6. The molecule has 2 aromatic heterocycles. The van der Waals surface area contributed by atoms with Gasteiger partial charge in [-0.25, -0.2) is 0 Å². The number of ether oxygens (including phenoxy) is 2. The molecule has 1 aliphatic rings.